The second-order valence-corrected chi connectivity index (χ2v) is 2.01. The third kappa shape index (κ3) is 897. The molecule has 0 amide bonds. The van der Waals surface area contributed by atoms with Crippen molar-refractivity contribution in [3.05, 3.63) is 0 Å². The minimum absolute atomic E-state index is 0. The van der Waals surface area contributed by atoms with Gasteiger partial charge in [-0.05, 0) is 0 Å². The summed E-state index contributed by atoms with van der Waals surface area (Å²) in [5.74, 6) is 0. The van der Waals surface area contributed by atoms with Crippen LogP contribution in [0.2, 0.25) is 0 Å². The Hall–Kier alpha value is 1.54. The molecule has 9 nitrogen and oxygen atoms in total. The van der Waals surface area contributed by atoms with Crippen LogP contribution in [0, 0.1) is 0 Å². The second kappa shape index (κ2) is 24.0. The summed E-state index contributed by atoms with van der Waals surface area (Å²) in [5, 5.41) is 0. The van der Waals surface area contributed by atoms with Gasteiger partial charge < -0.3 is 29.4 Å². The van der Waals surface area contributed by atoms with Crippen LogP contribution in [0.1, 0.15) is 0 Å². The summed E-state index contributed by atoms with van der Waals surface area (Å²) in [6.07, 6.45) is 0. The summed E-state index contributed by atoms with van der Waals surface area (Å²) in [7, 11) is -10.1. The van der Waals surface area contributed by atoms with Crippen molar-refractivity contribution in [3.63, 3.8) is 0 Å². The van der Waals surface area contributed by atoms with Crippen LogP contribution < -0.4 is 29.4 Å². The van der Waals surface area contributed by atoms with Gasteiger partial charge in [-0.25, -0.2) is 0 Å². The Bertz CT molecular complexity index is 116. The molecular formula is Nb2O9P3+3. The van der Waals surface area contributed by atoms with Gasteiger partial charge in [0.15, 0.2) is 0 Å². The maximum Gasteiger partial charge on any atom is 3.00 e. The zero-order valence-electron chi connectivity index (χ0n) is 5.91. The third-order valence-electron chi connectivity index (χ3n) is 0. The van der Waals surface area contributed by atoms with Gasteiger partial charge in [0.1, 0.15) is 0 Å². The van der Waals surface area contributed by atoms with Gasteiger partial charge in [-0.15, -0.1) is 0 Å². The first kappa shape index (κ1) is 29.6. The molecule has 0 rings (SSSR count). The Kier molecular flexibility index (Phi) is 50.7. The number of rotatable bonds is 0. The normalized spacial score (nSPS) is 5.57. The SMILES string of the molecule is O=[P+]([O-])[O-].O=[P+]([O-])[O-].O=[P+]([O-])[O-].[Nb+3].[Nb+3]. The van der Waals surface area contributed by atoms with Gasteiger partial charge in [0.2, 0.25) is 0 Å². The molecule has 0 bridgehead atoms. The molecule has 0 aliphatic carbocycles. The fraction of sp³-hybridized carbons (Fsp3) is 0. The van der Waals surface area contributed by atoms with Crippen molar-refractivity contribution in [1.82, 2.24) is 0 Å². The summed E-state index contributed by atoms with van der Waals surface area (Å²) >= 11 is 0. The quantitative estimate of drug-likeness (QED) is 0.272. The van der Waals surface area contributed by atoms with E-state index < -0.39 is 24.8 Å². The van der Waals surface area contributed by atoms with E-state index in [1.54, 1.807) is 0 Å². The van der Waals surface area contributed by atoms with Crippen LogP contribution in [0.3, 0.4) is 0 Å². The number of hydrogen-bond acceptors (Lipinski definition) is 9. The van der Waals surface area contributed by atoms with Crippen molar-refractivity contribution in [2.24, 2.45) is 0 Å². The summed E-state index contributed by atoms with van der Waals surface area (Å²) in [4.78, 5) is 50.9. The molecule has 0 fully saturated rings. The molecule has 0 radical (unpaired) electrons. The first-order valence-corrected chi connectivity index (χ1v) is 4.93. The van der Waals surface area contributed by atoms with E-state index in [-0.39, 0.29) is 44.8 Å². The van der Waals surface area contributed by atoms with E-state index in [1.807, 2.05) is 0 Å². The van der Waals surface area contributed by atoms with Crippen LogP contribution >= 0.6 is 24.8 Å². The zero-order valence-corrected chi connectivity index (χ0v) is 13.0. The molecule has 0 aliphatic rings. The van der Waals surface area contributed by atoms with Crippen molar-refractivity contribution >= 4 is 24.8 Å². The van der Waals surface area contributed by atoms with Gasteiger partial charge in [0, 0.05) is 0 Å². The first-order valence-electron chi connectivity index (χ1n) is 1.64. The Balaban J connectivity index is -0.0000000270. The minimum atomic E-state index is -3.37. The van der Waals surface area contributed by atoms with Gasteiger partial charge in [0.05, 0.1) is 0 Å². The fourth-order valence-electron chi connectivity index (χ4n) is 0. The van der Waals surface area contributed by atoms with Crippen molar-refractivity contribution in [1.29, 1.82) is 0 Å². The van der Waals surface area contributed by atoms with Crippen LogP contribution in [0.15, 0.2) is 0 Å². The van der Waals surface area contributed by atoms with E-state index in [0.717, 1.165) is 0 Å². The van der Waals surface area contributed by atoms with Crippen LogP contribution in [-0.2, 0) is 58.5 Å². The Morgan fingerprint density at radius 1 is 0.500 bits per heavy atom. The van der Waals surface area contributed by atoms with Gasteiger partial charge >= 0.3 is 44.8 Å². The molecule has 0 unspecified atom stereocenters. The topological polar surface area (TPSA) is 190 Å². The van der Waals surface area contributed by atoms with E-state index in [1.165, 1.54) is 0 Å². The molecule has 0 saturated carbocycles. The molecular weight excluding hydrogens is 423 g/mol. The summed E-state index contributed by atoms with van der Waals surface area (Å²) in [6, 6.07) is 0. The number of hydrogen-bond donors (Lipinski definition) is 0. The Labute approximate surface area is 112 Å². The Morgan fingerprint density at radius 2 is 0.500 bits per heavy atom. The van der Waals surface area contributed by atoms with Crippen molar-refractivity contribution in [2.75, 3.05) is 0 Å². The van der Waals surface area contributed by atoms with Gasteiger partial charge in [0.25, 0.3) is 24.8 Å². The van der Waals surface area contributed by atoms with Crippen molar-refractivity contribution in [3.8, 4) is 0 Å². The predicted molar refractivity (Wildman–Crippen MR) is 22.8 cm³/mol. The van der Waals surface area contributed by atoms with Crippen LogP contribution in [0.25, 0.3) is 0 Å². The van der Waals surface area contributed by atoms with Gasteiger partial charge in [-0.3, -0.25) is 0 Å². The molecule has 0 N–H and O–H groups in total. The van der Waals surface area contributed by atoms with Crippen LogP contribution in [0.4, 0.5) is 0 Å². The largest absolute Gasteiger partial charge is 3.00 e. The summed E-state index contributed by atoms with van der Waals surface area (Å²) < 4.78 is 25.4. The molecule has 0 aromatic carbocycles. The molecule has 0 aliphatic heterocycles. The van der Waals surface area contributed by atoms with Crippen LogP contribution in [-0.4, -0.2) is 0 Å². The van der Waals surface area contributed by atoms with Crippen molar-refractivity contribution in [2.45, 2.75) is 0 Å². The molecule has 0 spiro atoms. The van der Waals surface area contributed by atoms with Gasteiger partial charge in [-0.1, -0.05) is 13.7 Å². The van der Waals surface area contributed by atoms with E-state index in [4.69, 9.17) is 43.1 Å². The van der Waals surface area contributed by atoms with Crippen molar-refractivity contribution < 1.29 is 87.8 Å². The Morgan fingerprint density at radius 3 is 0.500 bits per heavy atom. The summed E-state index contributed by atoms with van der Waals surface area (Å²) in [5.41, 5.74) is 0. The van der Waals surface area contributed by atoms with Crippen LogP contribution in [0.5, 0.6) is 0 Å². The van der Waals surface area contributed by atoms with E-state index in [0.29, 0.717) is 0 Å². The third-order valence-corrected chi connectivity index (χ3v) is 0. The molecule has 14 heavy (non-hydrogen) atoms. The second-order valence-electron chi connectivity index (χ2n) is 0.671. The summed E-state index contributed by atoms with van der Waals surface area (Å²) in [6.45, 7) is 0. The van der Waals surface area contributed by atoms with E-state index in [9.17, 15) is 0 Å². The molecule has 0 aromatic heterocycles. The maximum atomic E-state index is 8.48. The average molecular weight is 423 g/mol. The standard InChI is InChI=1S/2Nb.3HO3P/c;;3*1-4(2)3/h;;3*(H,1,2,3)/q2*+3;;;/p-3. The van der Waals surface area contributed by atoms with Gasteiger partial charge in [-0.2, -0.15) is 0 Å². The first-order chi connectivity index (χ1) is 5.20. The zero-order chi connectivity index (χ0) is 10.7. The average Bonchev–Trinajstić information content (AvgIpc) is 1.54. The van der Waals surface area contributed by atoms with E-state index >= 15 is 0 Å². The molecule has 0 saturated heterocycles. The molecule has 0 heterocycles. The maximum absolute atomic E-state index is 8.48. The minimum Gasteiger partial charge on any atom is -0.598 e. The smallest absolute Gasteiger partial charge is 0.598 e. The van der Waals surface area contributed by atoms with E-state index in [2.05, 4.69) is 0 Å². The monoisotopic (exact) mass is 423 g/mol. The molecule has 14 heteroatoms. The fourth-order valence-corrected chi connectivity index (χ4v) is 0. The predicted octanol–water partition coefficient (Wildman–Crippen LogP) is -4.91. The molecule has 0 atom stereocenters. The molecule has 76 valence electrons. The molecule has 0 aromatic rings.